The van der Waals surface area contributed by atoms with E-state index in [1.165, 1.54) is 128 Å². The Labute approximate surface area is 371 Å². The summed E-state index contributed by atoms with van der Waals surface area (Å²) in [5, 5.41) is 0. The summed E-state index contributed by atoms with van der Waals surface area (Å²) in [5.74, 6) is -0.902. The van der Waals surface area contributed by atoms with Crippen molar-refractivity contribution in [3.63, 3.8) is 0 Å². The highest BCUT2D eigenvalue weighted by atomic mass is 16.6. The van der Waals surface area contributed by atoms with Gasteiger partial charge < -0.3 is 14.2 Å². The number of hydrogen-bond donors (Lipinski definition) is 0. The van der Waals surface area contributed by atoms with Gasteiger partial charge in [-0.15, -0.1) is 0 Å². The molecule has 0 aromatic heterocycles. The van der Waals surface area contributed by atoms with Crippen molar-refractivity contribution < 1.29 is 28.6 Å². The Hall–Kier alpha value is -2.63. The molecule has 0 rings (SSSR count). The normalized spacial score (nSPS) is 12.4. The van der Waals surface area contributed by atoms with Gasteiger partial charge in [-0.2, -0.15) is 0 Å². The van der Waals surface area contributed by atoms with Crippen molar-refractivity contribution in [2.24, 2.45) is 0 Å². The van der Waals surface area contributed by atoms with Gasteiger partial charge in [-0.3, -0.25) is 14.4 Å². The van der Waals surface area contributed by atoms with E-state index in [0.29, 0.717) is 19.3 Å². The van der Waals surface area contributed by atoms with E-state index in [4.69, 9.17) is 14.2 Å². The number of allylic oxidation sites excluding steroid dienone is 8. The first-order valence-corrected chi connectivity index (χ1v) is 25.6. The molecule has 0 N–H and O–H groups in total. The van der Waals surface area contributed by atoms with E-state index in [9.17, 15) is 14.4 Å². The largest absolute Gasteiger partial charge is 0.462 e. The van der Waals surface area contributed by atoms with Gasteiger partial charge in [0.05, 0.1) is 0 Å². The van der Waals surface area contributed by atoms with E-state index in [1.54, 1.807) is 0 Å². The van der Waals surface area contributed by atoms with Crippen LogP contribution in [0.25, 0.3) is 0 Å². The molecule has 1 unspecified atom stereocenters. The second-order valence-electron chi connectivity index (χ2n) is 17.1. The number of carbonyl (C=O) groups excluding carboxylic acids is 3. The van der Waals surface area contributed by atoms with E-state index in [1.807, 2.05) is 0 Å². The summed E-state index contributed by atoms with van der Waals surface area (Å²) >= 11 is 0. The summed E-state index contributed by atoms with van der Waals surface area (Å²) in [7, 11) is 0. The molecule has 0 aliphatic heterocycles. The van der Waals surface area contributed by atoms with Gasteiger partial charge in [0.25, 0.3) is 0 Å². The Kier molecular flexibility index (Phi) is 46.9. The third-order valence-corrected chi connectivity index (χ3v) is 11.0. The molecule has 6 heteroatoms. The summed E-state index contributed by atoms with van der Waals surface area (Å²) in [5.41, 5.74) is 0. The van der Waals surface area contributed by atoms with Gasteiger partial charge in [0.1, 0.15) is 13.2 Å². The van der Waals surface area contributed by atoms with Crippen LogP contribution >= 0.6 is 0 Å². The zero-order valence-corrected chi connectivity index (χ0v) is 39.7. The molecule has 0 aromatic rings. The van der Waals surface area contributed by atoms with Crippen molar-refractivity contribution in [2.45, 2.75) is 264 Å². The highest BCUT2D eigenvalue weighted by Gasteiger charge is 2.19. The molecular weight excluding hydrogens is 745 g/mol. The van der Waals surface area contributed by atoms with E-state index in [-0.39, 0.29) is 31.1 Å². The molecule has 0 aromatic carbocycles. The SMILES string of the molecule is CCC/C=C\CCCCCCCC(=O)OCC(COC(=O)CCCCCCCCCCC/C=C\C/C=C\CCCCCCC)OC(=O)CCCCCCC/C=C\CCCC. The maximum Gasteiger partial charge on any atom is 0.306 e. The second kappa shape index (κ2) is 49.0. The zero-order chi connectivity index (χ0) is 43.7. The minimum Gasteiger partial charge on any atom is -0.462 e. The number of carbonyl (C=O) groups is 3. The molecule has 0 bridgehead atoms. The summed E-state index contributed by atoms with van der Waals surface area (Å²) in [4.78, 5) is 37.8. The smallest absolute Gasteiger partial charge is 0.306 e. The summed E-state index contributed by atoms with van der Waals surface area (Å²) in [6.45, 7) is 6.51. The minimum absolute atomic E-state index is 0.0809. The number of esters is 3. The van der Waals surface area contributed by atoms with Crippen LogP contribution in [0.4, 0.5) is 0 Å². The first kappa shape index (κ1) is 57.4. The lowest BCUT2D eigenvalue weighted by atomic mass is 10.1. The van der Waals surface area contributed by atoms with E-state index in [0.717, 1.165) is 89.9 Å². The van der Waals surface area contributed by atoms with Crippen LogP contribution in [-0.2, 0) is 28.6 Å². The molecular formula is C54H96O6. The van der Waals surface area contributed by atoms with Crippen LogP contribution < -0.4 is 0 Å². The molecule has 0 spiro atoms. The Balaban J connectivity index is 4.26. The van der Waals surface area contributed by atoms with E-state index < -0.39 is 6.10 Å². The predicted molar refractivity (Wildman–Crippen MR) is 256 cm³/mol. The third kappa shape index (κ3) is 46.4. The number of hydrogen-bond acceptors (Lipinski definition) is 6. The molecule has 1 atom stereocenters. The van der Waals surface area contributed by atoms with Gasteiger partial charge in [-0.1, -0.05) is 198 Å². The number of rotatable bonds is 46. The molecule has 0 radical (unpaired) electrons. The Morgan fingerprint density at radius 3 is 1.05 bits per heavy atom. The lowest BCUT2D eigenvalue weighted by molar-refractivity contribution is -0.167. The van der Waals surface area contributed by atoms with Crippen molar-refractivity contribution in [1.82, 2.24) is 0 Å². The highest BCUT2D eigenvalue weighted by molar-refractivity contribution is 5.71. The molecule has 0 heterocycles. The van der Waals surface area contributed by atoms with Crippen LogP contribution in [0.5, 0.6) is 0 Å². The molecule has 6 nitrogen and oxygen atoms in total. The first-order chi connectivity index (χ1) is 29.5. The van der Waals surface area contributed by atoms with Crippen molar-refractivity contribution in [3.8, 4) is 0 Å². The third-order valence-electron chi connectivity index (χ3n) is 11.0. The summed E-state index contributed by atoms with van der Waals surface area (Å²) < 4.78 is 16.7. The van der Waals surface area contributed by atoms with Crippen LogP contribution in [0.2, 0.25) is 0 Å². The quantitative estimate of drug-likeness (QED) is 0.0263. The Bertz CT molecular complexity index is 1060. The summed E-state index contributed by atoms with van der Waals surface area (Å²) in [6, 6.07) is 0. The molecule has 0 fully saturated rings. The number of ether oxygens (including phenoxy) is 3. The average Bonchev–Trinajstić information content (AvgIpc) is 3.24. The van der Waals surface area contributed by atoms with Gasteiger partial charge in [0, 0.05) is 19.3 Å². The fourth-order valence-corrected chi connectivity index (χ4v) is 7.10. The Morgan fingerprint density at radius 2 is 0.650 bits per heavy atom. The maximum atomic E-state index is 12.7. The molecule has 60 heavy (non-hydrogen) atoms. The molecule has 348 valence electrons. The van der Waals surface area contributed by atoms with Gasteiger partial charge in [-0.05, 0) is 89.9 Å². The van der Waals surface area contributed by atoms with Gasteiger partial charge in [-0.25, -0.2) is 0 Å². The fourth-order valence-electron chi connectivity index (χ4n) is 7.10. The van der Waals surface area contributed by atoms with Crippen LogP contribution in [0.1, 0.15) is 258 Å². The van der Waals surface area contributed by atoms with Crippen LogP contribution in [0.15, 0.2) is 48.6 Å². The molecule has 0 saturated carbocycles. The van der Waals surface area contributed by atoms with E-state index >= 15 is 0 Å². The average molecular weight is 841 g/mol. The van der Waals surface area contributed by atoms with Crippen molar-refractivity contribution in [3.05, 3.63) is 48.6 Å². The topological polar surface area (TPSA) is 78.9 Å². The zero-order valence-electron chi connectivity index (χ0n) is 39.7. The standard InChI is InChI=1S/C54H96O6/c1-4-7-10-13-16-19-22-23-24-25-26-27-28-29-30-31-33-35-38-41-44-47-53(56)59-50-51(49-58-52(55)46-43-40-37-34-21-18-15-12-9-6-3)60-54(57)48-45-42-39-36-32-20-17-14-11-8-5-2/h12,14-15,17,22-23,25-26,51H,4-11,13,16,18-21,24,27-50H2,1-3H3/b15-12-,17-14-,23-22-,26-25-. The molecule has 0 aliphatic carbocycles. The lowest BCUT2D eigenvalue weighted by Crippen LogP contribution is -2.30. The molecule has 0 aliphatic rings. The lowest BCUT2D eigenvalue weighted by Gasteiger charge is -2.18. The van der Waals surface area contributed by atoms with E-state index in [2.05, 4.69) is 69.4 Å². The second-order valence-corrected chi connectivity index (χ2v) is 17.1. The first-order valence-electron chi connectivity index (χ1n) is 25.6. The van der Waals surface area contributed by atoms with Crippen LogP contribution in [0, 0.1) is 0 Å². The minimum atomic E-state index is -0.779. The van der Waals surface area contributed by atoms with Crippen LogP contribution in [0.3, 0.4) is 0 Å². The van der Waals surface area contributed by atoms with Crippen molar-refractivity contribution in [2.75, 3.05) is 13.2 Å². The molecule has 0 amide bonds. The van der Waals surface area contributed by atoms with Gasteiger partial charge >= 0.3 is 17.9 Å². The summed E-state index contributed by atoms with van der Waals surface area (Å²) in [6.07, 6.45) is 58.2. The molecule has 0 saturated heterocycles. The van der Waals surface area contributed by atoms with Gasteiger partial charge in [0.2, 0.25) is 0 Å². The predicted octanol–water partition coefficient (Wildman–Crippen LogP) is 16.7. The Morgan fingerprint density at radius 1 is 0.333 bits per heavy atom. The maximum absolute atomic E-state index is 12.7. The highest BCUT2D eigenvalue weighted by Crippen LogP contribution is 2.14. The fraction of sp³-hybridized carbons (Fsp3) is 0.796. The van der Waals surface area contributed by atoms with Crippen molar-refractivity contribution in [1.29, 1.82) is 0 Å². The van der Waals surface area contributed by atoms with Gasteiger partial charge in [0.15, 0.2) is 6.10 Å². The monoisotopic (exact) mass is 841 g/mol. The van der Waals surface area contributed by atoms with Crippen molar-refractivity contribution >= 4 is 17.9 Å². The van der Waals surface area contributed by atoms with Crippen LogP contribution in [-0.4, -0.2) is 37.2 Å². The number of unbranched alkanes of at least 4 members (excludes halogenated alkanes) is 27.